The first-order chi connectivity index (χ1) is 8.38. The smallest absolute Gasteiger partial charge is 0.185 e. The predicted molar refractivity (Wildman–Crippen MR) is 60.4 cm³/mol. The third-order valence-electron chi connectivity index (χ3n) is 2.59. The van der Waals surface area contributed by atoms with E-state index in [-0.39, 0.29) is 18.6 Å². The Bertz CT molecular complexity index is 397. The van der Waals surface area contributed by atoms with Crippen LogP contribution in [-0.2, 0) is 4.74 Å². The van der Waals surface area contributed by atoms with Crippen LogP contribution in [-0.4, -0.2) is 19.8 Å². The highest BCUT2D eigenvalue weighted by atomic mass is 19.2. The van der Waals surface area contributed by atoms with E-state index < -0.39 is 35.0 Å². The van der Waals surface area contributed by atoms with Crippen molar-refractivity contribution in [1.29, 1.82) is 0 Å². The average molecular weight is 265 g/mol. The summed E-state index contributed by atoms with van der Waals surface area (Å²) in [6.45, 7) is 3.75. The fourth-order valence-electron chi connectivity index (χ4n) is 1.47. The maximum absolute atomic E-state index is 13.4. The van der Waals surface area contributed by atoms with Gasteiger partial charge < -0.3 is 10.1 Å². The second-order valence-corrected chi connectivity index (χ2v) is 4.29. The van der Waals surface area contributed by atoms with Crippen LogP contribution in [0.3, 0.4) is 0 Å². The fourth-order valence-corrected chi connectivity index (χ4v) is 1.47. The summed E-state index contributed by atoms with van der Waals surface area (Å²) in [5.41, 5.74) is -0.803. The van der Waals surface area contributed by atoms with Gasteiger partial charge in [-0.05, 0) is 5.92 Å². The van der Waals surface area contributed by atoms with Gasteiger partial charge in [-0.15, -0.1) is 0 Å². The van der Waals surface area contributed by atoms with E-state index in [1.807, 2.05) is 0 Å². The fraction of sp³-hybridized carbons (Fsp3) is 0.500. The molecule has 1 aromatic carbocycles. The molecule has 0 aliphatic rings. The Hall–Kier alpha value is -1.30. The first-order valence-electron chi connectivity index (χ1n) is 5.47. The van der Waals surface area contributed by atoms with Crippen LogP contribution < -0.4 is 5.32 Å². The minimum absolute atomic E-state index is 0.0323. The Morgan fingerprint density at radius 2 is 1.61 bits per heavy atom. The Morgan fingerprint density at radius 3 is 2.00 bits per heavy atom. The van der Waals surface area contributed by atoms with Crippen LogP contribution in [0.1, 0.15) is 13.8 Å². The van der Waals surface area contributed by atoms with Crippen molar-refractivity contribution >= 4 is 5.69 Å². The minimum atomic E-state index is -1.43. The van der Waals surface area contributed by atoms with Gasteiger partial charge in [0, 0.05) is 13.2 Å². The molecule has 0 saturated heterocycles. The lowest BCUT2D eigenvalue weighted by molar-refractivity contribution is 0.170. The number of hydrogen-bond donors (Lipinski definition) is 1. The van der Waals surface area contributed by atoms with Crippen molar-refractivity contribution in [3.63, 3.8) is 0 Å². The summed E-state index contributed by atoms with van der Waals surface area (Å²) in [5.74, 6) is -5.77. The summed E-state index contributed by atoms with van der Waals surface area (Å²) in [6, 6.07) is -0.281. The molecule has 0 heterocycles. The number of rotatable bonds is 5. The molecular weight excluding hydrogens is 250 g/mol. The number of hydrogen-bond acceptors (Lipinski definition) is 2. The molecule has 0 fully saturated rings. The van der Waals surface area contributed by atoms with Gasteiger partial charge in [-0.1, -0.05) is 13.8 Å². The van der Waals surface area contributed by atoms with Crippen molar-refractivity contribution in [3.8, 4) is 0 Å². The van der Waals surface area contributed by atoms with E-state index in [0.717, 1.165) is 0 Å². The number of ether oxygens (including phenoxy) is 1. The van der Waals surface area contributed by atoms with Crippen molar-refractivity contribution in [2.75, 3.05) is 19.0 Å². The molecule has 102 valence electrons. The first-order valence-corrected chi connectivity index (χ1v) is 5.47. The highest BCUT2D eigenvalue weighted by Crippen LogP contribution is 2.25. The van der Waals surface area contributed by atoms with Gasteiger partial charge >= 0.3 is 0 Å². The van der Waals surface area contributed by atoms with E-state index in [1.165, 1.54) is 7.11 Å². The van der Waals surface area contributed by atoms with Gasteiger partial charge in [-0.2, -0.15) is 0 Å². The summed E-state index contributed by atoms with van der Waals surface area (Å²) in [6.07, 6.45) is 0. The number of benzene rings is 1. The van der Waals surface area contributed by atoms with Crippen LogP contribution in [0.2, 0.25) is 0 Å². The zero-order chi connectivity index (χ0) is 13.9. The molecule has 0 aliphatic heterocycles. The number of halogens is 4. The summed E-state index contributed by atoms with van der Waals surface area (Å²) < 4.78 is 57.7. The predicted octanol–water partition coefficient (Wildman–Crippen LogP) is 3.33. The van der Waals surface area contributed by atoms with E-state index in [2.05, 4.69) is 5.32 Å². The summed E-state index contributed by atoms with van der Waals surface area (Å²) in [4.78, 5) is 0. The molecule has 1 atom stereocenters. The topological polar surface area (TPSA) is 21.3 Å². The molecule has 1 unspecified atom stereocenters. The maximum Gasteiger partial charge on any atom is 0.185 e. The van der Waals surface area contributed by atoms with Gasteiger partial charge in [0.25, 0.3) is 0 Å². The van der Waals surface area contributed by atoms with Crippen molar-refractivity contribution in [1.82, 2.24) is 0 Å². The van der Waals surface area contributed by atoms with Crippen molar-refractivity contribution in [3.05, 3.63) is 29.3 Å². The van der Waals surface area contributed by atoms with E-state index in [4.69, 9.17) is 4.74 Å². The Morgan fingerprint density at radius 1 is 1.11 bits per heavy atom. The molecule has 6 heteroatoms. The van der Waals surface area contributed by atoms with Gasteiger partial charge in [0.05, 0.1) is 12.6 Å². The lowest BCUT2D eigenvalue weighted by atomic mass is 10.0. The van der Waals surface area contributed by atoms with E-state index >= 15 is 0 Å². The van der Waals surface area contributed by atoms with Crippen LogP contribution in [0.4, 0.5) is 23.2 Å². The highest BCUT2D eigenvalue weighted by Gasteiger charge is 2.22. The molecule has 0 amide bonds. The van der Waals surface area contributed by atoms with Gasteiger partial charge in [-0.25, -0.2) is 17.6 Å². The van der Waals surface area contributed by atoms with Crippen LogP contribution in [0, 0.1) is 29.2 Å². The second kappa shape index (κ2) is 6.04. The van der Waals surface area contributed by atoms with Gasteiger partial charge in [0.2, 0.25) is 0 Å². The van der Waals surface area contributed by atoms with Crippen molar-refractivity contribution < 1.29 is 22.3 Å². The lowest BCUT2D eigenvalue weighted by Gasteiger charge is -2.23. The van der Waals surface area contributed by atoms with Crippen LogP contribution >= 0.6 is 0 Å². The number of nitrogens with one attached hydrogen (secondary N) is 1. The second-order valence-electron chi connectivity index (χ2n) is 4.29. The van der Waals surface area contributed by atoms with E-state index in [0.29, 0.717) is 0 Å². The number of methoxy groups -OCH3 is 1. The molecule has 0 aliphatic carbocycles. The molecule has 0 spiro atoms. The third kappa shape index (κ3) is 3.13. The molecule has 2 nitrogen and oxygen atoms in total. The zero-order valence-electron chi connectivity index (χ0n) is 10.4. The molecule has 0 radical (unpaired) electrons. The largest absolute Gasteiger partial charge is 0.383 e. The lowest BCUT2D eigenvalue weighted by Crippen LogP contribution is -2.31. The quantitative estimate of drug-likeness (QED) is 0.651. The minimum Gasteiger partial charge on any atom is -0.383 e. The van der Waals surface area contributed by atoms with E-state index in [9.17, 15) is 17.6 Å². The first kappa shape index (κ1) is 14.8. The van der Waals surface area contributed by atoms with Gasteiger partial charge in [0.1, 0.15) is 5.69 Å². The average Bonchev–Trinajstić information content (AvgIpc) is 2.30. The molecule has 0 aromatic heterocycles. The normalized spacial score (nSPS) is 12.9. The molecular formula is C12H15F4NO. The number of anilines is 1. The summed E-state index contributed by atoms with van der Waals surface area (Å²) in [7, 11) is 1.43. The summed E-state index contributed by atoms with van der Waals surface area (Å²) >= 11 is 0. The molecule has 1 aromatic rings. The molecule has 1 rings (SSSR count). The Balaban J connectivity index is 3.09. The van der Waals surface area contributed by atoms with Crippen molar-refractivity contribution in [2.24, 2.45) is 5.92 Å². The monoisotopic (exact) mass is 265 g/mol. The Kier molecular flexibility index (Phi) is 4.95. The zero-order valence-corrected chi connectivity index (χ0v) is 10.4. The third-order valence-corrected chi connectivity index (χ3v) is 2.59. The van der Waals surface area contributed by atoms with Gasteiger partial charge in [0.15, 0.2) is 23.3 Å². The van der Waals surface area contributed by atoms with Crippen LogP contribution in [0.15, 0.2) is 6.07 Å². The Labute approximate surface area is 103 Å². The standard InChI is InChI=1S/C12H15F4NO/c1-6(2)9(5-18-3)17-12-10(15)7(13)4-8(14)11(12)16/h4,6,9,17H,5H2,1-3H3. The van der Waals surface area contributed by atoms with Gasteiger partial charge in [-0.3, -0.25) is 0 Å². The van der Waals surface area contributed by atoms with Crippen LogP contribution in [0.25, 0.3) is 0 Å². The molecule has 1 N–H and O–H groups in total. The molecule has 0 bridgehead atoms. The van der Waals surface area contributed by atoms with Crippen molar-refractivity contribution in [2.45, 2.75) is 19.9 Å². The molecule has 18 heavy (non-hydrogen) atoms. The molecule has 0 saturated carbocycles. The maximum atomic E-state index is 13.4. The van der Waals surface area contributed by atoms with Crippen LogP contribution in [0.5, 0.6) is 0 Å². The highest BCUT2D eigenvalue weighted by molar-refractivity contribution is 5.48. The SMILES string of the molecule is COCC(Nc1c(F)c(F)cc(F)c1F)C(C)C. The van der Waals surface area contributed by atoms with E-state index in [1.54, 1.807) is 13.8 Å². The summed E-state index contributed by atoms with van der Waals surface area (Å²) in [5, 5.41) is 2.44.